The molecule has 0 aliphatic rings. The van der Waals surface area contributed by atoms with Gasteiger partial charge in [0.2, 0.25) is 10.5 Å². The van der Waals surface area contributed by atoms with Crippen molar-refractivity contribution in [2.24, 2.45) is 0 Å². The van der Waals surface area contributed by atoms with Gasteiger partial charge in [-0.15, -0.1) is 0 Å². The second kappa shape index (κ2) is 8.55. The van der Waals surface area contributed by atoms with E-state index in [0.717, 1.165) is 24.2 Å². The van der Waals surface area contributed by atoms with Crippen molar-refractivity contribution >= 4 is 11.8 Å². The first-order valence-electron chi connectivity index (χ1n) is 9.57. The largest absolute Gasteiger partial charge is 0.362 e. The van der Waals surface area contributed by atoms with Gasteiger partial charge in [0, 0.05) is 12.8 Å². The van der Waals surface area contributed by atoms with E-state index in [4.69, 9.17) is 20.5 Å². The van der Waals surface area contributed by atoms with Crippen LogP contribution in [0.3, 0.4) is 0 Å². The Morgan fingerprint density at radius 1 is 0.655 bits per heavy atom. The molecule has 2 aromatic carbocycles. The molecule has 0 saturated carbocycles. The maximum Gasteiger partial charge on any atom is 0.297 e. The molecule has 0 saturated heterocycles. The molecule has 0 aliphatic carbocycles. The molecule has 4 aromatic rings. The summed E-state index contributed by atoms with van der Waals surface area (Å²) in [6.07, 6.45) is 2.06. The van der Waals surface area contributed by atoms with Gasteiger partial charge >= 0.3 is 0 Å². The quantitative estimate of drug-likeness (QED) is 0.439. The molecule has 2 aromatic heterocycles. The zero-order chi connectivity index (χ0) is 20.1. The lowest BCUT2D eigenvalue weighted by Crippen LogP contribution is -2.44. The molecule has 2 heterocycles. The van der Waals surface area contributed by atoms with E-state index in [1.807, 2.05) is 36.4 Å². The second-order valence-electron chi connectivity index (χ2n) is 6.86. The van der Waals surface area contributed by atoms with Crippen LogP contribution in [0.1, 0.15) is 22.5 Å². The number of nitrogens with zero attached hydrogens (tertiary/aromatic N) is 4. The number of aryl methyl sites for hydroxylation is 4. The summed E-state index contributed by atoms with van der Waals surface area (Å²) in [6, 6.07) is 20.4. The Hall–Kier alpha value is -3.68. The zero-order valence-corrected chi connectivity index (χ0v) is 16.1. The van der Waals surface area contributed by atoms with E-state index in [9.17, 15) is 0 Å². The fraction of sp³-hybridized carbons (Fsp3) is 0.238. The SMILES string of the molecule is Nc1on[n+](CCc2ccccc2)c1Cc1c(N)on[n+]1CCc1ccccc1. The molecular formula is C21H24N6O2+2. The summed E-state index contributed by atoms with van der Waals surface area (Å²) in [5.74, 6) is 0.543. The highest BCUT2D eigenvalue weighted by Crippen LogP contribution is 2.15. The van der Waals surface area contributed by atoms with Crippen molar-refractivity contribution in [3.63, 3.8) is 0 Å². The summed E-state index contributed by atoms with van der Waals surface area (Å²) in [4.78, 5) is 0. The maximum atomic E-state index is 6.04. The van der Waals surface area contributed by atoms with Crippen molar-refractivity contribution in [3.8, 4) is 0 Å². The van der Waals surface area contributed by atoms with E-state index in [-0.39, 0.29) is 11.8 Å². The molecule has 0 aliphatic heterocycles. The molecule has 148 valence electrons. The van der Waals surface area contributed by atoms with E-state index < -0.39 is 0 Å². The number of hydrogen-bond acceptors (Lipinski definition) is 6. The predicted octanol–water partition coefficient (Wildman–Crippen LogP) is 1.48. The highest BCUT2D eigenvalue weighted by Gasteiger charge is 2.31. The molecule has 8 nitrogen and oxygen atoms in total. The number of nitrogen functional groups attached to an aromatic ring is 2. The van der Waals surface area contributed by atoms with E-state index in [2.05, 4.69) is 34.8 Å². The van der Waals surface area contributed by atoms with Gasteiger partial charge in [-0.1, -0.05) is 60.7 Å². The van der Waals surface area contributed by atoms with Crippen molar-refractivity contribution in [1.29, 1.82) is 0 Å². The summed E-state index contributed by atoms with van der Waals surface area (Å²) in [7, 11) is 0. The summed E-state index contributed by atoms with van der Waals surface area (Å²) in [6.45, 7) is 1.30. The van der Waals surface area contributed by atoms with Crippen LogP contribution in [-0.2, 0) is 32.4 Å². The van der Waals surface area contributed by atoms with E-state index in [1.165, 1.54) is 11.1 Å². The number of benzene rings is 2. The molecule has 0 fully saturated rings. The second-order valence-corrected chi connectivity index (χ2v) is 6.86. The molecular weight excluding hydrogens is 368 g/mol. The third kappa shape index (κ3) is 4.43. The Morgan fingerprint density at radius 3 is 1.48 bits per heavy atom. The third-order valence-electron chi connectivity index (χ3n) is 4.91. The van der Waals surface area contributed by atoms with Crippen LogP contribution in [0.5, 0.6) is 0 Å². The number of nitrogens with two attached hydrogens (primary N) is 2. The van der Waals surface area contributed by atoms with Crippen LogP contribution in [0.4, 0.5) is 11.8 Å². The number of aromatic nitrogens is 4. The average molecular weight is 392 g/mol. The number of anilines is 2. The summed E-state index contributed by atoms with van der Waals surface area (Å²) in [5.41, 5.74) is 16.0. The lowest BCUT2D eigenvalue weighted by molar-refractivity contribution is -0.777. The lowest BCUT2D eigenvalue weighted by Gasteiger charge is -1.98. The molecule has 0 unspecified atom stereocenters. The van der Waals surface area contributed by atoms with E-state index >= 15 is 0 Å². The van der Waals surface area contributed by atoms with Gasteiger partial charge in [-0.2, -0.15) is 0 Å². The van der Waals surface area contributed by atoms with Gasteiger partial charge in [-0.3, -0.25) is 9.05 Å². The van der Waals surface area contributed by atoms with Crippen LogP contribution in [0.25, 0.3) is 0 Å². The van der Waals surface area contributed by atoms with Crippen LogP contribution in [0, 0.1) is 0 Å². The Balaban J connectivity index is 1.49. The third-order valence-corrected chi connectivity index (χ3v) is 4.91. The monoisotopic (exact) mass is 392 g/mol. The van der Waals surface area contributed by atoms with Gasteiger partial charge in [-0.05, 0) is 20.5 Å². The molecule has 0 radical (unpaired) electrons. The van der Waals surface area contributed by atoms with Crippen LogP contribution >= 0.6 is 0 Å². The number of rotatable bonds is 8. The van der Waals surface area contributed by atoms with Crippen molar-refractivity contribution < 1.29 is 18.4 Å². The maximum absolute atomic E-state index is 6.04. The minimum absolute atomic E-state index is 0.272. The fourth-order valence-corrected chi connectivity index (χ4v) is 3.27. The first kappa shape index (κ1) is 18.7. The summed E-state index contributed by atoms with van der Waals surface area (Å²) < 4.78 is 14.0. The molecule has 29 heavy (non-hydrogen) atoms. The Morgan fingerprint density at radius 2 is 1.07 bits per heavy atom. The molecule has 4 rings (SSSR count). The van der Waals surface area contributed by atoms with Gasteiger partial charge in [0.25, 0.3) is 23.2 Å². The Labute approximate surface area is 168 Å². The Bertz CT molecular complexity index is 974. The van der Waals surface area contributed by atoms with Gasteiger partial charge < -0.3 is 11.5 Å². The molecule has 8 heteroatoms. The predicted molar refractivity (Wildman–Crippen MR) is 105 cm³/mol. The fourth-order valence-electron chi connectivity index (χ4n) is 3.27. The van der Waals surface area contributed by atoms with Gasteiger partial charge in [-0.25, -0.2) is 0 Å². The molecule has 4 N–H and O–H groups in total. The van der Waals surface area contributed by atoms with Gasteiger partial charge in [0.05, 0.1) is 0 Å². The van der Waals surface area contributed by atoms with Crippen molar-refractivity contribution in [2.45, 2.75) is 32.4 Å². The van der Waals surface area contributed by atoms with Crippen molar-refractivity contribution in [3.05, 3.63) is 83.2 Å². The molecule has 0 spiro atoms. The zero-order valence-electron chi connectivity index (χ0n) is 16.1. The standard InChI is InChI=1S/C21H24N6O2/c22-20-18(26(24-28-20)13-11-16-7-3-1-4-8-16)15-19-21(23)29-25-27(19)14-12-17-9-5-2-6-10-17/h1-10H,11-15,22-23H2/q+2. The Kier molecular flexibility index (Phi) is 5.51. The normalized spacial score (nSPS) is 11.0. The minimum Gasteiger partial charge on any atom is -0.362 e. The van der Waals surface area contributed by atoms with Gasteiger partial charge in [0.15, 0.2) is 13.1 Å². The molecule has 0 bridgehead atoms. The van der Waals surface area contributed by atoms with Crippen LogP contribution in [0.15, 0.2) is 69.7 Å². The lowest BCUT2D eigenvalue weighted by atomic mass is 10.1. The smallest absolute Gasteiger partial charge is 0.297 e. The molecule has 0 amide bonds. The van der Waals surface area contributed by atoms with Crippen molar-refractivity contribution in [1.82, 2.24) is 10.5 Å². The average Bonchev–Trinajstić information content (AvgIpc) is 3.29. The van der Waals surface area contributed by atoms with Crippen molar-refractivity contribution in [2.75, 3.05) is 11.5 Å². The van der Waals surface area contributed by atoms with E-state index in [1.54, 1.807) is 9.36 Å². The first-order valence-corrected chi connectivity index (χ1v) is 9.57. The first-order chi connectivity index (χ1) is 14.2. The van der Waals surface area contributed by atoms with Crippen LogP contribution in [-0.4, -0.2) is 10.5 Å². The summed E-state index contributed by atoms with van der Waals surface area (Å²) in [5, 5.41) is 8.16. The van der Waals surface area contributed by atoms with Crippen LogP contribution in [0.2, 0.25) is 0 Å². The minimum atomic E-state index is 0.272. The summed E-state index contributed by atoms with van der Waals surface area (Å²) >= 11 is 0. The highest BCUT2D eigenvalue weighted by atomic mass is 16.5. The van der Waals surface area contributed by atoms with Crippen LogP contribution < -0.4 is 20.8 Å². The highest BCUT2D eigenvalue weighted by molar-refractivity contribution is 5.34. The number of hydrogen-bond donors (Lipinski definition) is 2. The topological polar surface area (TPSA) is 112 Å². The van der Waals surface area contributed by atoms with Gasteiger partial charge in [0.1, 0.15) is 6.42 Å². The van der Waals surface area contributed by atoms with E-state index in [0.29, 0.717) is 19.5 Å². The molecule has 0 atom stereocenters.